The zero-order valence-electron chi connectivity index (χ0n) is 13.8. The minimum Gasteiger partial charge on any atom is -0.340 e. The van der Waals surface area contributed by atoms with Crippen LogP contribution in [0.4, 0.5) is 4.79 Å². The third kappa shape index (κ3) is 4.15. The molecule has 0 aliphatic heterocycles. The van der Waals surface area contributed by atoms with Crippen LogP contribution in [0, 0.1) is 6.92 Å². The lowest BCUT2D eigenvalue weighted by Gasteiger charge is -2.26. The van der Waals surface area contributed by atoms with Gasteiger partial charge in [-0.3, -0.25) is 0 Å². The summed E-state index contributed by atoms with van der Waals surface area (Å²) in [5, 5.41) is 7.61. The van der Waals surface area contributed by atoms with Gasteiger partial charge in [0.15, 0.2) is 5.82 Å². The van der Waals surface area contributed by atoms with Crippen molar-refractivity contribution in [2.75, 3.05) is 12.8 Å². The van der Waals surface area contributed by atoms with E-state index in [9.17, 15) is 4.79 Å². The number of urea groups is 1. The summed E-state index contributed by atoms with van der Waals surface area (Å²) in [4.78, 5) is 18.5. The Hall–Kier alpha value is -1.24. The van der Waals surface area contributed by atoms with Crippen LogP contribution in [0.25, 0.3) is 0 Å². The number of hydrogen-bond acceptors (Lipinski definition) is 5. The van der Waals surface area contributed by atoms with Crippen molar-refractivity contribution in [1.29, 1.82) is 0 Å². The number of nitrogens with zero attached hydrogens (tertiary/aromatic N) is 3. The highest BCUT2D eigenvalue weighted by molar-refractivity contribution is 7.99. The summed E-state index contributed by atoms with van der Waals surface area (Å²) in [7, 11) is 1.88. The van der Waals surface area contributed by atoms with Crippen molar-refractivity contribution in [3.8, 4) is 0 Å². The van der Waals surface area contributed by atoms with Gasteiger partial charge < -0.3 is 14.7 Å². The molecule has 1 saturated carbocycles. The number of rotatable bonds is 6. The maximum Gasteiger partial charge on any atom is 0.317 e. The molecular formula is C15H26N4O2S. The summed E-state index contributed by atoms with van der Waals surface area (Å²) < 4.78 is 5.00. The molecule has 7 heteroatoms. The van der Waals surface area contributed by atoms with Crippen LogP contribution in [0.3, 0.4) is 0 Å². The van der Waals surface area contributed by atoms with Crippen LogP contribution in [0.5, 0.6) is 0 Å². The summed E-state index contributed by atoms with van der Waals surface area (Å²) >= 11 is 2.00. The molecule has 1 aromatic rings. The highest BCUT2D eigenvalue weighted by Gasteiger charge is 2.31. The second kappa shape index (κ2) is 7.85. The summed E-state index contributed by atoms with van der Waals surface area (Å²) in [6, 6.07) is 0.0737. The van der Waals surface area contributed by atoms with E-state index in [4.69, 9.17) is 4.52 Å². The third-order valence-corrected chi connectivity index (χ3v) is 5.42. The third-order valence-electron chi connectivity index (χ3n) is 4.19. The second-order valence-corrected chi connectivity index (χ2v) is 7.31. The molecule has 22 heavy (non-hydrogen) atoms. The first-order valence-electron chi connectivity index (χ1n) is 8.00. The predicted octanol–water partition coefficient (Wildman–Crippen LogP) is 3.14. The first kappa shape index (κ1) is 17.1. The molecule has 3 atom stereocenters. The van der Waals surface area contributed by atoms with Gasteiger partial charge in [0.1, 0.15) is 0 Å². The lowest BCUT2D eigenvalue weighted by molar-refractivity contribution is 0.186. The summed E-state index contributed by atoms with van der Waals surface area (Å²) in [5.74, 6) is 2.21. The molecule has 1 N–H and O–H groups in total. The topological polar surface area (TPSA) is 71.3 Å². The fourth-order valence-electron chi connectivity index (χ4n) is 2.88. The van der Waals surface area contributed by atoms with Crippen molar-refractivity contribution in [2.45, 2.75) is 63.8 Å². The largest absolute Gasteiger partial charge is 0.340 e. The van der Waals surface area contributed by atoms with Crippen LogP contribution >= 0.6 is 11.8 Å². The number of thioether (sulfide) groups is 1. The molecule has 0 unspecified atom stereocenters. The van der Waals surface area contributed by atoms with Gasteiger partial charge in [0.05, 0.1) is 6.04 Å². The highest BCUT2D eigenvalue weighted by atomic mass is 32.2. The van der Waals surface area contributed by atoms with Gasteiger partial charge in [-0.15, -0.1) is 0 Å². The number of aryl methyl sites for hydroxylation is 1. The van der Waals surface area contributed by atoms with Crippen LogP contribution in [0.1, 0.15) is 57.3 Å². The Kier molecular flexibility index (Phi) is 6.11. The van der Waals surface area contributed by atoms with Gasteiger partial charge in [-0.1, -0.05) is 19.0 Å². The highest BCUT2D eigenvalue weighted by Crippen LogP contribution is 2.32. The molecular weight excluding hydrogens is 300 g/mol. The second-order valence-electron chi connectivity index (χ2n) is 5.74. The smallest absolute Gasteiger partial charge is 0.317 e. The predicted molar refractivity (Wildman–Crippen MR) is 87.9 cm³/mol. The number of hydrogen-bond donors (Lipinski definition) is 1. The Labute approximate surface area is 136 Å². The first-order valence-corrected chi connectivity index (χ1v) is 9.05. The van der Waals surface area contributed by atoms with Crippen LogP contribution in [-0.2, 0) is 0 Å². The van der Waals surface area contributed by atoms with Gasteiger partial charge >= 0.3 is 6.03 Å². The molecule has 0 saturated heterocycles. The SMILES string of the molecule is CCS[C@@H]1CC[C@H](N(C)C(=O)N[C@H](CC)c2noc(C)n2)C1. The Morgan fingerprint density at radius 2 is 2.27 bits per heavy atom. The maximum absolute atomic E-state index is 12.5. The quantitative estimate of drug-likeness (QED) is 0.869. The van der Waals surface area contributed by atoms with Crippen molar-refractivity contribution in [3.05, 3.63) is 11.7 Å². The maximum atomic E-state index is 12.5. The van der Waals surface area contributed by atoms with E-state index in [1.807, 2.05) is 30.6 Å². The van der Waals surface area contributed by atoms with Crippen molar-refractivity contribution >= 4 is 17.8 Å². The van der Waals surface area contributed by atoms with Gasteiger partial charge in [0.25, 0.3) is 0 Å². The number of carbonyl (C=O) groups is 1. The van der Waals surface area contributed by atoms with Gasteiger partial charge in [-0.25, -0.2) is 4.79 Å². The van der Waals surface area contributed by atoms with E-state index in [1.165, 1.54) is 6.42 Å². The van der Waals surface area contributed by atoms with Gasteiger partial charge in [0, 0.05) is 25.3 Å². The Balaban J connectivity index is 1.90. The lowest BCUT2D eigenvalue weighted by Crippen LogP contribution is -2.44. The van der Waals surface area contributed by atoms with Crippen LogP contribution < -0.4 is 5.32 Å². The van der Waals surface area contributed by atoms with E-state index in [0.29, 0.717) is 23.0 Å². The monoisotopic (exact) mass is 326 g/mol. The summed E-state index contributed by atoms with van der Waals surface area (Å²) in [6.07, 6.45) is 4.10. The average Bonchev–Trinajstić information content (AvgIpc) is 3.13. The molecule has 2 amide bonds. The molecule has 1 aromatic heterocycles. The molecule has 1 fully saturated rings. The molecule has 0 bridgehead atoms. The number of aromatic nitrogens is 2. The molecule has 0 spiro atoms. The van der Waals surface area contributed by atoms with Crippen molar-refractivity contribution in [2.24, 2.45) is 0 Å². The molecule has 6 nitrogen and oxygen atoms in total. The molecule has 124 valence electrons. The van der Waals surface area contributed by atoms with E-state index < -0.39 is 0 Å². The summed E-state index contributed by atoms with van der Waals surface area (Å²) in [6.45, 7) is 5.94. The molecule has 0 radical (unpaired) electrons. The van der Waals surface area contributed by atoms with Gasteiger partial charge in [-0.05, 0) is 31.4 Å². The zero-order chi connectivity index (χ0) is 16.1. The number of nitrogens with one attached hydrogen (secondary N) is 1. The van der Waals surface area contributed by atoms with Crippen molar-refractivity contribution in [1.82, 2.24) is 20.4 Å². The van der Waals surface area contributed by atoms with Crippen LogP contribution in [-0.4, -0.2) is 45.2 Å². The first-order chi connectivity index (χ1) is 10.5. The molecule has 1 heterocycles. The van der Waals surface area contributed by atoms with Gasteiger partial charge in [0.2, 0.25) is 5.89 Å². The Bertz CT molecular complexity index is 494. The van der Waals surface area contributed by atoms with Crippen LogP contribution in [0.15, 0.2) is 4.52 Å². The minimum atomic E-state index is -0.199. The van der Waals surface area contributed by atoms with E-state index in [1.54, 1.807) is 6.92 Å². The number of amides is 2. The van der Waals surface area contributed by atoms with E-state index in [-0.39, 0.29) is 12.1 Å². The molecule has 1 aliphatic rings. The van der Waals surface area contributed by atoms with Crippen molar-refractivity contribution < 1.29 is 9.32 Å². The fraction of sp³-hybridized carbons (Fsp3) is 0.800. The summed E-state index contributed by atoms with van der Waals surface area (Å²) in [5.41, 5.74) is 0. The van der Waals surface area contributed by atoms with Crippen LogP contribution in [0.2, 0.25) is 0 Å². The minimum absolute atomic E-state index is 0.0542. The zero-order valence-corrected chi connectivity index (χ0v) is 14.7. The average molecular weight is 326 g/mol. The van der Waals surface area contributed by atoms with Gasteiger partial charge in [-0.2, -0.15) is 16.7 Å². The normalized spacial score (nSPS) is 22.5. The number of carbonyl (C=O) groups excluding carboxylic acids is 1. The Morgan fingerprint density at radius 3 is 2.86 bits per heavy atom. The molecule has 1 aliphatic carbocycles. The van der Waals surface area contributed by atoms with Crippen molar-refractivity contribution in [3.63, 3.8) is 0 Å². The lowest BCUT2D eigenvalue weighted by atomic mass is 10.2. The standard InChI is InChI=1S/C15H26N4O2S/c1-5-13(14-16-10(3)21-18-14)17-15(20)19(4)11-7-8-12(9-11)22-6-2/h11-13H,5-9H2,1-4H3,(H,17,20)/t11-,12+,13+/m0/s1. The van der Waals surface area contributed by atoms with E-state index in [2.05, 4.69) is 22.4 Å². The Morgan fingerprint density at radius 1 is 1.50 bits per heavy atom. The fourth-order valence-corrected chi connectivity index (χ4v) is 4.01. The molecule has 0 aromatic carbocycles. The van der Waals surface area contributed by atoms with E-state index >= 15 is 0 Å². The van der Waals surface area contributed by atoms with E-state index in [0.717, 1.165) is 25.0 Å². The molecule has 2 rings (SSSR count).